The number of carbonyl (C=O) groups is 1. The van der Waals surface area contributed by atoms with E-state index in [4.69, 9.17) is 0 Å². The maximum absolute atomic E-state index is 10.8. The van der Waals surface area contributed by atoms with Crippen molar-refractivity contribution in [2.24, 2.45) is 17.8 Å². The highest BCUT2D eigenvalue weighted by atomic mass is 16.4. The number of aliphatic carboxylic acids is 1. The average Bonchev–Trinajstić information content (AvgIpc) is 2.27. The molecule has 0 radical (unpaired) electrons. The van der Waals surface area contributed by atoms with E-state index in [1.54, 1.807) is 13.0 Å². The van der Waals surface area contributed by atoms with Crippen LogP contribution >= 0.6 is 0 Å². The highest BCUT2D eigenvalue weighted by Crippen LogP contribution is 2.35. The Morgan fingerprint density at radius 1 is 1.44 bits per heavy atom. The van der Waals surface area contributed by atoms with Gasteiger partial charge in [0.05, 0.1) is 12.1 Å². The Kier molecular flexibility index (Phi) is 5.86. The summed E-state index contributed by atoms with van der Waals surface area (Å²) in [6.07, 6.45) is 6.32. The molecule has 0 heterocycles. The molecule has 3 nitrogen and oxygen atoms in total. The van der Waals surface area contributed by atoms with Crippen molar-refractivity contribution in [1.82, 2.24) is 0 Å². The van der Waals surface area contributed by atoms with Gasteiger partial charge in [0.25, 0.3) is 0 Å². The van der Waals surface area contributed by atoms with E-state index in [0.717, 1.165) is 25.7 Å². The fourth-order valence-corrected chi connectivity index (χ4v) is 2.74. The molecule has 0 saturated heterocycles. The van der Waals surface area contributed by atoms with Crippen LogP contribution in [0.2, 0.25) is 0 Å². The Morgan fingerprint density at radius 2 is 2.11 bits per heavy atom. The van der Waals surface area contributed by atoms with E-state index >= 15 is 0 Å². The summed E-state index contributed by atoms with van der Waals surface area (Å²) in [4.78, 5) is 10.8. The average molecular weight is 253 g/mol. The summed E-state index contributed by atoms with van der Waals surface area (Å²) < 4.78 is 0. The molecule has 1 saturated carbocycles. The molecule has 3 atom stereocenters. The van der Waals surface area contributed by atoms with Crippen molar-refractivity contribution in [2.45, 2.75) is 59.0 Å². The van der Waals surface area contributed by atoms with Gasteiger partial charge in [0.2, 0.25) is 0 Å². The third kappa shape index (κ3) is 4.81. The first-order chi connectivity index (χ1) is 8.40. The van der Waals surface area contributed by atoms with Gasteiger partial charge in [-0.1, -0.05) is 26.3 Å². The first kappa shape index (κ1) is 15.2. The van der Waals surface area contributed by atoms with Crippen LogP contribution in [0.5, 0.6) is 0 Å². The second-order valence-electron chi connectivity index (χ2n) is 6.00. The zero-order valence-corrected chi connectivity index (χ0v) is 11.7. The van der Waals surface area contributed by atoms with Gasteiger partial charge in [0, 0.05) is 0 Å². The summed E-state index contributed by atoms with van der Waals surface area (Å²) in [5, 5.41) is 20.5. The lowest BCUT2D eigenvalue weighted by molar-refractivity contribution is -0.299. The zero-order chi connectivity index (χ0) is 13.7. The third-order valence-corrected chi connectivity index (χ3v) is 3.92. The van der Waals surface area contributed by atoms with Crippen molar-refractivity contribution in [3.05, 3.63) is 11.6 Å². The van der Waals surface area contributed by atoms with E-state index in [1.807, 2.05) is 0 Å². The predicted octanol–water partition coefficient (Wildman–Crippen LogP) is 1.90. The SMILES string of the molecule is C/C(=C\C1CC(O)CCC1CCC(C)C)C(=O)[O-]. The zero-order valence-electron chi connectivity index (χ0n) is 11.7. The van der Waals surface area contributed by atoms with Crippen molar-refractivity contribution >= 4 is 5.97 Å². The number of aliphatic hydroxyl groups excluding tert-OH is 1. The molecule has 1 rings (SSSR count). The fourth-order valence-electron chi connectivity index (χ4n) is 2.74. The first-order valence-corrected chi connectivity index (χ1v) is 6.98. The van der Waals surface area contributed by atoms with Crippen LogP contribution in [0.1, 0.15) is 52.9 Å². The van der Waals surface area contributed by atoms with Gasteiger partial charge in [-0.25, -0.2) is 0 Å². The van der Waals surface area contributed by atoms with Crippen LogP contribution in [0.3, 0.4) is 0 Å². The summed E-state index contributed by atoms with van der Waals surface area (Å²) in [6, 6.07) is 0. The highest BCUT2D eigenvalue weighted by molar-refractivity contribution is 5.83. The van der Waals surface area contributed by atoms with Crippen molar-refractivity contribution in [3.63, 3.8) is 0 Å². The van der Waals surface area contributed by atoms with Gasteiger partial charge < -0.3 is 15.0 Å². The van der Waals surface area contributed by atoms with E-state index < -0.39 is 5.97 Å². The molecule has 104 valence electrons. The predicted molar refractivity (Wildman–Crippen MR) is 69.7 cm³/mol. The van der Waals surface area contributed by atoms with E-state index in [0.29, 0.717) is 23.8 Å². The topological polar surface area (TPSA) is 60.4 Å². The molecular weight excluding hydrogens is 228 g/mol. The van der Waals surface area contributed by atoms with Crippen LogP contribution in [0.25, 0.3) is 0 Å². The second-order valence-corrected chi connectivity index (χ2v) is 6.00. The molecular formula is C15H25O3-. The first-order valence-electron chi connectivity index (χ1n) is 6.98. The quantitative estimate of drug-likeness (QED) is 0.761. The van der Waals surface area contributed by atoms with Gasteiger partial charge in [-0.2, -0.15) is 0 Å². The number of allylic oxidation sites excluding steroid dienone is 1. The van der Waals surface area contributed by atoms with Crippen LogP contribution in [-0.2, 0) is 4.79 Å². The van der Waals surface area contributed by atoms with Crippen molar-refractivity contribution in [1.29, 1.82) is 0 Å². The van der Waals surface area contributed by atoms with Gasteiger partial charge in [-0.15, -0.1) is 0 Å². The molecule has 3 heteroatoms. The molecule has 0 spiro atoms. The summed E-state index contributed by atoms with van der Waals surface area (Å²) in [7, 11) is 0. The molecule has 1 aliphatic carbocycles. The van der Waals surface area contributed by atoms with Crippen molar-refractivity contribution < 1.29 is 15.0 Å². The maximum Gasteiger partial charge on any atom is 0.0668 e. The van der Waals surface area contributed by atoms with Gasteiger partial charge in [0.1, 0.15) is 0 Å². The van der Waals surface area contributed by atoms with E-state index in [-0.39, 0.29) is 12.0 Å². The van der Waals surface area contributed by atoms with Crippen molar-refractivity contribution in [2.75, 3.05) is 0 Å². The Hall–Kier alpha value is -0.830. The van der Waals surface area contributed by atoms with E-state index in [9.17, 15) is 15.0 Å². The largest absolute Gasteiger partial charge is 0.545 e. The second kappa shape index (κ2) is 6.93. The number of carboxylic acid groups (broad SMARTS) is 1. The van der Waals surface area contributed by atoms with Crippen LogP contribution < -0.4 is 5.11 Å². The van der Waals surface area contributed by atoms with Crippen LogP contribution in [-0.4, -0.2) is 17.2 Å². The Bertz CT molecular complexity index is 307. The molecule has 0 aromatic rings. The van der Waals surface area contributed by atoms with Crippen molar-refractivity contribution in [3.8, 4) is 0 Å². The van der Waals surface area contributed by atoms with Crippen LogP contribution in [0.15, 0.2) is 11.6 Å². The number of carbonyl (C=O) groups excluding carboxylic acids is 1. The van der Waals surface area contributed by atoms with Gasteiger partial charge in [-0.05, 0) is 55.9 Å². The minimum atomic E-state index is -1.10. The third-order valence-electron chi connectivity index (χ3n) is 3.92. The smallest absolute Gasteiger partial charge is 0.0668 e. The summed E-state index contributed by atoms with van der Waals surface area (Å²) in [5.41, 5.74) is 0.295. The molecule has 0 bridgehead atoms. The lowest BCUT2D eigenvalue weighted by atomic mass is 9.74. The van der Waals surface area contributed by atoms with Crippen LogP contribution in [0, 0.1) is 17.8 Å². The van der Waals surface area contributed by atoms with E-state index in [2.05, 4.69) is 13.8 Å². The van der Waals surface area contributed by atoms with Crippen LogP contribution in [0.4, 0.5) is 0 Å². The number of hydrogen-bond donors (Lipinski definition) is 1. The Labute approximate surface area is 110 Å². The monoisotopic (exact) mass is 253 g/mol. The molecule has 0 aromatic carbocycles. The molecule has 1 N–H and O–H groups in total. The fraction of sp³-hybridized carbons (Fsp3) is 0.800. The molecule has 18 heavy (non-hydrogen) atoms. The lowest BCUT2D eigenvalue weighted by Gasteiger charge is -2.33. The standard InChI is InChI=1S/C15H26O3/c1-10(2)4-5-12-6-7-14(16)9-13(12)8-11(3)15(17)18/h8,10,12-14,16H,4-7,9H2,1-3H3,(H,17,18)/p-1/b11-8+. The lowest BCUT2D eigenvalue weighted by Crippen LogP contribution is -2.29. The minimum Gasteiger partial charge on any atom is -0.545 e. The number of hydrogen-bond acceptors (Lipinski definition) is 3. The number of carboxylic acids is 1. The summed E-state index contributed by atoms with van der Waals surface area (Å²) >= 11 is 0. The normalized spacial score (nSPS) is 29.6. The molecule has 3 unspecified atom stereocenters. The summed E-state index contributed by atoms with van der Waals surface area (Å²) in [5.74, 6) is 0.261. The molecule has 0 amide bonds. The number of aliphatic hydroxyl groups is 1. The van der Waals surface area contributed by atoms with Gasteiger partial charge in [-0.3, -0.25) is 0 Å². The molecule has 1 aliphatic rings. The summed E-state index contributed by atoms with van der Waals surface area (Å²) in [6.45, 7) is 5.99. The molecule has 0 aliphatic heterocycles. The minimum absolute atomic E-state index is 0.186. The van der Waals surface area contributed by atoms with Gasteiger partial charge in [0.15, 0.2) is 0 Å². The van der Waals surface area contributed by atoms with Gasteiger partial charge >= 0.3 is 0 Å². The maximum atomic E-state index is 10.8. The molecule has 1 fully saturated rings. The molecule has 0 aromatic heterocycles. The Balaban J connectivity index is 2.67. The van der Waals surface area contributed by atoms with E-state index in [1.165, 1.54) is 0 Å². The Morgan fingerprint density at radius 3 is 2.67 bits per heavy atom. The highest BCUT2D eigenvalue weighted by Gasteiger charge is 2.28. The number of rotatable bonds is 5.